The van der Waals surface area contributed by atoms with Gasteiger partial charge in [0, 0.05) is 19.6 Å². The fourth-order valence-corrected chi connectivity index (χ4v) is 4.54. The highest BCUT2D eigenvalue weighted by molar-refractivity contribution is 7.89. The first-order valence-corrected chi connectivity index (χ1v) is 11.2. The number of carbonyl (C=O) groups excluding carboxylic acids is 3. The minimum Gasteiger partial charge on any atom is -0.452 e. The molecule has 1 atom stereocenters. The molecule has 0 unspecified atom stereocenters. The quantitative estimate of drug-likeness (QED) is 0.623. The first-order valence-electron chi connectivity index (χ1n) is 9.68. The smallest absolute Gasteiger partial charge is 0.324 e. The van der Waals surface area contributed by atoms with Crippen LogP contribution in [0.1, 0.15) is 37.3 Å². The number of hydrogen-bond acceptors (Lipinski definition) is 6. The molecular weight excluding hydrogens is 398 g/mol. The van der Waals surface area contributed by atoms with E-state index in [0.29, 0.717) is 6.54 Å². The van der Waals surface area contributed by atoms with E-state index in [4.69, 9.17) is 4.74 Å². The Balaban J connectivity index is 1.49. The minimum absolute atomic E-state index is 0.149. The average molecular weight is 423 g/mol. The van der Waals surface area contributed by atoms with Crippen molar-refractivity contribution < 1.29 is 27.5 Å². The molecule has 0 saturated carbocycles. The second-order valence-corrected chi connectivity index (χ2v) is 8.91. The Labute approximate surface area is 169 Å². The van der Waals surface area contributed by atoms with Crippen LogP contribution in [0.2, 0.25) is 0 Å². The van der Waals surface area contributed by atoms with Gasteiger partial charge < -0.3 is 10.1 Å². The minimum atomic E-state index is -3.74. The highest BCUT2D eigenvalue weighted by Crippen LogP contribution is 2.24. The fourth-order valence-electron chi connectivity index (χ4n) is 3.46. The summed E-state index contributed by atoms with van der Waals surface area (Å²) >= 11 is 0. The van der Waals surface area contributed by atoms with Gasteiger partial charge in [-0.15, -0.1) is 0 Å². The molecule has 2 aliphatic rings. The number of nitrogens with one attached hydrogen (secondary N) is 2. The number of aryl methyl sites for hydroxylation is 2. The molecule has 1 fully saturated rings. The number of nitrogens with zero attached hydrogens (tertiary/aromatic N) is 1. The van der Waals surface area contributed by atoms with Crippen molar-refractivity contribution in [2.24, 2.45) is 0 Å². The lowest BCUT2D eigenvalue weighted by Crippen LogP contribution is -2.42. The summed E-state index contributed by atoms with van der Waals surface area (Å²) in [4.78, 5) is 36.7. The van der Waals surface area contributed by atoms with Gasteiger partial charge >= 0.3 is 12.0 Å². The third-order valence-corrected chi connectivity index (χ3v) is 6.49. The van der Waals surface area contributed by atoms with Gasteiger partial charge in [0.15, 0.2) is 6.10 Å². The lowest BCUT2D eigenvalue weighted by molar-refractivity contribution is -0.157. The van der Waals surface area contributed by atoms with Gasteiger partial charge in [-0.05, 0) is 55.9 Å². The molecule has 1 aliphatic heterocycles. The zero-order valence-electron chi connectivity index (χ0n) is 16.3. The summed E-state index contributed by atoms with van der Waals surface area (Å²) in [6.45, 7) is 1.81. The number of fused-ring (bicyclic) bond motifs is 1. The number of urea groups is 1. The number of imide groups is 1. The lowest BCUT2D eigenvalue weighted by atomic mass is 9.92. The molecule has 10 heteroatoms. The second kappa shape index (κ2) is 8.91. The van der Waals surface area contributed by atoms with Crippen molar-refractivity contribution in [3.63, 3.8) is 0 Å². The topological polar surface area (TPSA) is 122 Å². The van der Waals surface area contributed by atoms with E-state index < -0.39 is 34.0 Å². The first kappa shape index (κ1) is 21.3. The number of rotatable bonds is 7. The van der Waals surface area contributed by atoms with Crippen LogP contribution in [0.25, 0.3) is 0 Å². The van der Waals surface area contributed by atoms with Crippen LogP contribution < -0.4 is 10.0 Å². The molecule has 29 heavy (non-hydrogen) atoms. The Kier molecular flexibility index (Phi) is 6.53. The molecule has 2 N–H and O–H groups in total. The maximum Gasteiger partial charge on any atom is 0.324 e. The fraction of sp³-hybridized carbons (Fsp3) is 0.526. The van der Waals surface area contributed by atoms with Crippen LogP contribution in [-0.4, -0.2) is 57.0 Å². The molecule has 0 aromatic heterocycles. The zero-order chi connectivity index (χ0) is 21.0. The summed E-state index contributed by atoms with van der Waals surface area (Å²) in [5.74, 6) is -1.33. The number of sulfonamides is 1. The monoisotopic (exact) mass is 423 g/mol. The van der Waals surface area contributed by atoms with Crippen molar-refractivity contribution in [2.75, 3.05) is 19.6 Å². The molecule has 9 nitrogen and oxygen atoms in total. The summed E-state index contributed by atoms with van der Waals surface area (Å²) < 4.78 is 32.4. The Morgan fingerprint density at radius 2 is 1.97 bits per heavy atom. The third kappa shape index (κ3) is 5.13. The van der Waals surface area contributed by atoms with Gasteiger partial charge in [0.05, 0.1) is 11.3 Å². The molecule has 1 aromatic rings. The lowest BCUT2D eigenvalue weighted by Gasteiger charge is -2.18. The normalized spacial score (nSPS) is 17.4. The van der Waals surface area contributed by atoms with Crippen LogP contribution >= 0.6 is 0 Å². The number of ether oxygens (including phenoxy) is 1. The summed E-state index contributed by atoms with van der Waals surface area (Å²) in [6, 6.07) is 4.60. The molecule has 1 saturated heterocycles. The number of amides is 3. The van der Waals surface area contributed by atoms with Crippen LogP contribution in [-0.2, 0) is 37.2 Å². The molecule has 0 spiro atoms. The van der Waals surface area contributed by atoms with Crippen molar-refractivity contribution >= 4 is 27.9 Å². The predicted octanol–water partition coefficient (Wildman–Crippen LogP) is 0.717. The van der Waals surface area contributed by atoms with Crippen molar-refractivity contribution in [2.45, 2.75) is 50.0 Å². The number of esters is 1. The summed E-state index contributed by atoms with van der Waals surface area (Å²) in [7, 11) is -3.74. The third-order valence-electron chi connectivity index (χ3n) is 5.03. The van der Waals surface area contributed by atoms with Gasteiger partial charge in [-0.2, -0.15) is 0 Å². The molecule has 158 valence electrons. The summed E-state index contributed by atoms with van der Waals surface area (Å²) in [5.41, 5.74) is 2.24. The number of carbonyl (C=O) groups is 3. The maximum atomic E-state index is 12.5. The molecule has 1 aromatic carbocycles. The van der Waals surface area contributed by atoms with Crippen molar-refractivity contribution in [3.8, 4) is 0 Å². The molecule has 3 amide bonds. The van der Waals surface area contributed by atoms with Crippen LogP contribution in [0.5, 0.6) is 0 Å². The van der Waals surface area contributed by atoms with Crippen molar-refractivity contribution in [3.05, 3.63) is 29.3 Å². The SMILES string of the molecule is C[C@@H](OC(=O)CCNS(=O)(=O)c1ccc2c(c1)CCCC2)C(=O)N1CCNC1=O. The van der Waals surface area contributed by atoms with E-state index in [9.17, 15) is 22.8 Å². The highest BCUT2D eigenvalue weighted by Gasteiger charge is 2.31. The van der Waals surface area contributed by atoms with Crippen LogP contribution in [0, 0.1) is 0 Å². The van der Waals surface area contributed by atoms with E-state index >= 15 is 0 Å². The standard InChI is InChI=1S/C19H25N3O6S/c1-13(18(24)22-11-10-20-19(22)25)28-17(23)8-9-21-29(26,27)16-7-6-14-4-2-3-5-15(14)12-16/h6-7,12-13,21H,2-5,8-11H2,1H3,(H,20,25)/t13-/m1/s1. The summed E-state index contributed by atoms with van der Waals surface area (Å²) in [6.07, 6.45) is 2.64. The highest BCUT2D eigenvalue weighted by atomic mass is 32.2. The van der Waals surface area contributed by atoms with Gasteiger partial charge in [0.25, 0.3) is 5.91 Å². The van der Waals surface area contributed by atoms with E-state index in [2.05, 4.69) is 10.0 Å². The predicted molar refractivity (Wildman–Crippen MR) is 104 cm³/mol. The largest absolute Gasteiger partial charge is 0.452 e. The molecule has 1 heterocycles. The van der Waals surface area contributed by atoms with Crippen molar-refractivity contribution in [1.29, 1.82) is 0 Å². The van der Waals surface area contributed by atoms with E-state index in [1.165, 1.54) is 12.5 Å². The molecule has 0 radical (unpaired) electrons. The zero-order valence-corrected chi connectivity index (χ0v) is 17.1. The summed E-state index contributed by atoms with van der Waals surface area (Å²) in [5, 5.41) is 2.49. The molecular formula is C19H25N3O6S. The number of hydrogen-bond donors (Lipinski definition) is 2. The Morgan fingerprint density at radius 3 is 2.66 bits per heavy atom. The molecule has 0 bridgehead atoms. The Bertz CT molecular complexity index is 915. The van der Waals surface area contributed by atoms with E-state index in [0.717, 1.165) is 36.1 Å². The van der Waals surface area contributed by atoms with Crippen LogP contribution in [0.4, 0.5) is 4.79 Å². The van der Waals surface area contributed by atoms with Gasteiger partial charge in [0.1, 0.15) is 0 Å². The van der Waals surface area contributed by atoms with E-state index in [-0.39, 0.29) is 24.4 Å². The van der Waals surface area contributed by atoms with Crippen LogP contribution in [0.15, 0.2) is 23.1 Å². The van der Waals surface area contributed by atoms with Gasteiger partial charge in [-0.3, -0.25) is 14.5 Å². The number of benzene rings is 1. The van der Waals surface area contributed by atoms with E-state index in [1.54, 1.807) is 12.1 Å². The van der Waals surface area contributed by atoms with E-state index in [1.807, 2.05) is 6.07 Å². The first-order chi connectivity index (χ1) is 13.8. The van der Waals surface area contributed by atoms with Gasteiger partial charge in [0.2, 0.25) is 10.0 Å². The Hall–Kier alpha value is -2.46. The van der Waals surface area contributed by atoms with Gasteiger partial charge in [-0.25, -0.2) is 17.9 Å². The maximum absolute atomic E-state index is 12.5. The molecule has 3 rings (SSSR count). The second-order valence-electron chi connectivity index (χ2n) is 7.14. The Morgan fingerprint density at radius 1 is 1.24 bits per heavy atom. The van der Waals surface area contributed by atoms with Crippen LogP contribution in [0.3, 0.4) is 0 Å². The molecule has 1 aliphatic carbocycles. The average Bonchev–Trinajstić information content (AvgIpc) is 3.12. The van der Waals surface area contributed by atoms with Gasteiger partial charge in [-0.1, -0.05) is 6.07 Å². The van der Waals surface area contributed by atoms with Crippen molar-refractivity contribution in [1.82, 2.24) is 14.9 Å².